The minimum atomic E-state index is -4.64. The van der Waals surface area contributed by atoms with E-state index in [1.54, 1.807) is 5.40 Å². The van der Waals surface area contributed by atoms with Crippen LogP contribution in [0, 0.1) is 16.1 Å². The molecule has 0 heterocycles. The molecule has 0 unspecified atom stereocenters. The van der Waals surface area contributed by atoms with Gasteiger partial charge in [0.05, 0.1) is 11.9 Å². The molecule has 0 amide bonds. The highest BCUT2D eigenvalue weighted by Crippen LogP contribution is 2.25. The zero-order chi connectivity index (χ0) is 10.2. The number of hydrogen-bond donors (Lipinski definition) is 6. The van der Waals surface area contributed by atoms with Crippen LogP contribution in [0.2, 0.25) is 0 Å². The van der Waals surface area contributed by atoms with E-state index >= 15 is 0 Å². The molecule has 12 heavy (non-hydrogen) atoms. The van der Waals surface area contributed by atoms with Crippen LogP contribution in [-0.4, -0.2) is 20.6 Å². The van der Waals surface area contributed by atoms with E-state index in [0.717, 1.165) is 11.9 Å². The molecule has 0 radical (unpaired) electrons. The van der Waals surface area contributed by atoms with Crippen LogP contribution in [0.15, 0.2) is 0 Å². The highest BCUT2D eigenvalue weighted by Gasteiger charge is 2.00. The lowest BCUT2D eigenvalue weighted by molar-refractivity contribution is 0.275. The van der Waals surface area contributed by atoms with Crippen LogP contribution < -0.4 is 10.5 Å². The molecule has 0 aromatic heterocycles. The second kappa shape index (κ2) is 6.90. The molecule has 0 rings (SSSR count). The van der Waals surface area contributed by atoms with Crippen LogP contribution in [0.5, 0.6) is 0 Å². The summed E-state index contributed by atoms with van der Waals surface area (Å²) in [7, 11) is -4.64. The highest BCUT2D eigenvalue weighted by molar-refractivity contribution is 8.02. The van der Waals surface area contributed by atoms with Gasteiger partial charge in [-0.25, -0.2) is 4.57 Å². The minimum absolute atomic E-state index is 0.202. The zero-order valence-corrected chi connectivity index (χ0v) is 7.34. The van der Waals surface area contributed by atoms with Crippen LogP contribution in [0.25, 0.3) is 0 Å². The largest absolute Gasteiger partial charge is 0.466 e. The Kier molecular flexibility index (Phi) is 7.93. The Labute approximate surface area is 72.3 Å². The predicted molar refractivity (Wildman–Crippen MR) is 42.5 cm³/mol. The van der Waals surface area contributed by atoms with Gasteiger partial charge in [-0.1, -0.05) is 0 Å². The van der Waals surface area contributed by atoms with Crippen molar-refractivity contribution in [2.24, 2.45) is 5.73 Å². The maximum Gasteiger partial charge on any atom is 0.466 e. The van der Waals surface area contributed by atoms with Gasteiger partial charge in [0, 0.05) is 0 Å². The highest BCUT2D eigenvalue weighted by atomic mass is 32.2. The van der Waals surface area contributed by atoms with Gasteiger partial charge in [-0.3, -0.25) is 10.1 Å². The number of nitrogens with zero attached hydrogens (tertiary/aromatic N) is 1. The summed E-state index contributed by atoms with van der Waals surface area (Å²) < 4.78 is 11.1. The third-order valence-corrected chi connectivity index (χ3v) is 0.620. The summed E-state index contributed by atoms with van der Waals surface area (Å²) in [6, 6.07) is 0. The number of nitrogens with two attached hydrogens (primary N) is 1. The molecule has 0 aliphatic rings. The average molecular weight is 214 g/mol. The minimum Gasteiger partial charge on any atom is -0.369 e. The Morgan fingerprint density at radius 2 is 2.00 bits per heavy atom. The molecule has 0 fully saturated rings. The van der Waals surface area contributed by atoms with Crippen LogP contribution in [0.1, 0.15) is 0 Å². The summed E-state index contributed by atoms with van der Waals surface area (Å²) in [5.41, 5.74) is 4.78. The van der Waals surface area contributed by atoms with E-state index in [4.69, 9.17) is 35.7 Å². The molecule has 8 nitrogen and oxygen atoms in total. The van der Waals surface area contributed by atoms with Gasteiger partial charge in [0.25, 0.3) is 0 Å². The second-order valence-electron chi connectivity index (χ2n) is 1.22. The first-order valence-corrected chi connectivity index (χ1v) is 4.58. The molecular formula is C2H7N4O4PS. The molecule has 0 saturated carbocycles. The zero-order valence-electron chi connectivity index (χ0n) is 5.63. The SMILES string of the molecule is N#CSNC(=N)N.O=P(O)(O)O. The topological polar surface area (TPSA) is 163 Å². The fourth-order valence-electron chi connectivity index (χ4n) is 0.0778. The maximum atomic E-state index is 8.88. The van der Waals surface area contributed by atoms with Gasteiger partial charge in [-0.15, -0.1) is 0 Å². The molecular weight excluding hydrogens is 207 g/mol. The van der Waals surface area contributed by atoms with Crippen LogP contribution in [0.4, 0.5) is 0 Å². The van der Waals surface area contributed by atoms with E-state index in [-0.39, 0.29) is 5.96 Å². The molecule has 7 N–H and O–H groups in total. The average Bonchev–Trinajstić information content (AvgIpc) is 1.79. The van der Waals surface area contributed by atoms with Gasteiger partial charge in [0.1, 0.15) is 0 Å². The molecule has 0 bridgehead atoms. The van der Waals surface area contributed by atoms with Crippen molar-refractivity contribution in [1.82, 2.24) is 4.72 Å². The standard InChI is InChI=1S/C2H4N4S.H3O4P/c3-1-7-6-2(4)5;1-5(2,3)4/h(H4,4,5,6);(H3,1,2,3,4). The maximum absolute atomic E-state index is 8.88. The fraction of sp³-hybridized carbons (Fsp3) is 0. The Balaban J connectivity index is 0. The number of nitrogens with one attached hydrogen (secondary N) is 2. The van der Waals surface area contributed by atoms with Crippen LogP contribution in [-0.2, 0) is 4.57 Å². The first-order valence-electron chi connectivity index (χ1n) is 2.20. The summed E-state index contributed by atoms with van der Waals surface area (Å²) >= 11 is 0.722. The van der Waals surface area contributed by atoms with Crippen LogP contribution >= 0.6 is 19.8 Å². The Morgan fingerprint density at radius 3 is 2.08 bits per heavy atom. The van der Waals surface area contributed by atoms with Crippen LogP contribution in [0.3, 0.4) is 0 Å². The van der Waals surface area contributed by atoms with E-state index < -0.39 is 7.82 Å². The van der Waals surface area contributed by atoms with Crippen molar-refractivity contribution in [1.29, 1.82) is 10.7 Å². The van der Waals surface area contributed by atoms with Gasteiger partial charge in [-0.05, 0) is 0 Å². The molecule has 0 saturated heterocycles. The number of hydrogen-bond acceptors (Lipinski definition) is 4. The molecule has 0 atom stereocenters. The van der Waals surface area contributed by atoms with Crippen molar-refractivity contribution in [2.45, 2.75) is 0 Å². The first kappa shape index (κ1) is 13.8. The molecule has 0 spiro atoms. The third-order valence-electron chi connectivity index (χ3n) is 0.207. The van der Waals surface area contributed by atoms with E-state index in [1.165, 1.54) is 0 Å². The molecule has 70 valence electrons. The van der Waals surface area contributed by atoms with Gasteiger partial charge >= 0.3 is 7.82 Å². The Bertz CT molecular complexity index is 211. The van der Waals surface area contributed by atoms with E-state index in [9.17, 15) is 0 Å². The number of nitriles is 1. The van der Waals surface area contributed by atoms with Crippen molar-refractivity contribution in [2.75, 3.05) is 0 Å². The quantitative estimate of drug-likeness (QED) is 0.103. The predicted octanol–water partition coefficient (Wildman–Crippen LogP) is -1.33. The van der Waals surface area contributed by atoms with Crippen molar-refractivity contribution >= 4 is 25.7 Å². The summed E-state index contributed by atoms with van der Waals surface area (Å²) in [6.07, 6.45) is 0. The number of guanidine groups is 1. The lowest BCUT2D eigenvalue weighted by Crippen LogP contribution is -2.23. The molecule has 0 aromatic carbocycles. The number of thiocyanates is 1. The van der Waals surface area contributed by atoms with Gasteiger partial charge in [0.2, 0.25) is 0 Å². The summed E-state index contributed by atoms with van der Waals surface area (Å²) in [5.74, 6) is -0.202. The Morgan fingerprint density at radius 1 is 1.67 bits per heavy atom. The molecule has 10 heteroatoms. The summed E-state index contributed by atoms with van der Waals surface area (Å²) in [5, 5.41) is 16.0. The lowest BCUT2D eigenvalue weighted by atomic mass is 11.1. The second-order valence-corrected chi connectivity index (χ2v) is 2.84. The number of phosphoric acid groups is 1. The van der Waals surface area contributed by atoms with E-state index in [1.807, 2.05) is 0 Å². The first-order chi connectivity index (χ1) is 5.27. The van der Waals surface area contributed by atoms with Gasteiger partial charge in [-0.2, -0.15) is 5.26 Å². The summed E-state index contributed by atoms with van der Waals surface area (Å²) in [6.45, 7) is 0. The van der Waals surface area contributed by atoms with Gasteiger partial charge < -0.3 is 20.4 Å². The molecule has 0 aromatic rings. The fourth-order valence-corrected chi connectivity index (χ4v) is 0.233. The Hall–Kier alpha value is -0.780. The molecule has 0 aliphatic heterocycles. The van der Waals surface area contributed by atoms with Crippen molar-refractivity contribution in [3.8, 4) is 5.40 Å². The van der Waals surface area contributed by atoms with E-state index in [0.29, 0.717) is 0 Å². The third kappa shape index (κ3) is 60.1. The van der Waals surface area contributed by atoms with Crippen molar-refractivity contribution < 1.29 is 19.2 Å². The van der Waals surface area contributed by atoms with E-state index in [2.05, 4.69) is 4.72 Å². The number of rotatable bonds is 1. The summed E-state index contributed by atoms with van der Waals surface area (Å²) in [4.78, 5) is 21.6. The van der Waals surface area contributed by atoms with Crippen molar-refractivity contribution in [3.63, 3.8) is 0 Å². The molecule has 0 aliphatic carbocycles. The van der Waals surface area contributed by atoms with Crippen molar-refractivity contribution in [3.05, 3.63) is 0 Å². The lowest BCUT2D eigenvalue weighted by Gasteiger charge is -1.89. The smallest absolute Gasteiger partial charge is 0.369 e. The monoisotopic (exact) mass is 214 g/mol. The normalized spacial score (nSPS) is 8.83. The van der Waals surface area contributed by atoms with Gasteiger partial charge in [0.15, 0.2) is 11.4 Å².